The molecule has 0 bridgehead atoms. The summed E-state index contributed by atoms with van der Waals surface area (Å²) in [6.07, 6.45) is 0.341. The maximum atomic E-state index is 11.7. The van der Waals surface area contributed by atoms with Crippen molar-refractivity contribution in [2.45, 2.75) is 47.5 Å². The Morgan fingerprint density at radius 1 is 1.17 bits per heavy atom. The summed E-state index contributed by atoms with van der Waals surface area (Å²) < 4.78 is 0. The molecule has 1 atom stereocenters. The van der Waals surface area contributed by atoms with Crippen LogP contribution in [0.5, 0.6) is 0 Å². The van der Waals surface area contributed by atoms with E-state index in [1.165, 1.54) is 0 Å². The third kappa shape index (κ3) is 3.03. The van der Waals surface area contributed by atoms with Crippen molar-refractivity contribution >= 4 is 11.9 Å². The van der Waals surface area contributed by atoms with Gasteiger partial charge in [0, 0.05) is 19.4 Å². The molecule has 0 aliphatic heterocycles. The van der Waals surface area contributed by atoms with E-state index in [1.54, 1.807) is 6.92 Å². The van der Waals surface area contributed by atoms with Crippen LogP contribution in [0, 0.1) is 22.7 Å². The molecule has 1 aliphatic carbocycles. The zero-order chi connectivity index (χ0) is 14.1. The fourth-order valence-corrected chi connectivity index (χ4v) is 2.82. The first-order valence-corrected chi connectivity index (χ1v) is 6.57. The van der Waals surface area contributed by atoms with Crippen LogP contribution in [0.15, 0.2) is 0 Å². The van der Waals surface area contributed by atoms with Crippen molar-refractivity contribution in [2.75, 3.05) is 6.54 Å². The van der Waals surface area contributed by atoms with Gasteiger partial charge >= 0.3 is 5.97 Å². The molecule has 0 radical (unpaired) electrons. The topological polar surface area (TPSA) is 66.4 Å². The molecule has 2 N–H and O–H groups in total. The third-order valence-electron chi connectivity index (χ3n) is 4.88. The van der Waals surface area contributed by atoms with Gasteiger partial charge in [0.25, 0.3) is 0 Å². The molecule has 0 saturated heterocycles. The molecule has 0 aromatic heterocycles. The molecule has 104 valence electrons. The van der Waals surface area contributed by atoms with Crippen molar-refractivity contribution < 1.29 is 14.7 Å². The van der Waals surface area contributed by atoms with E-state index in [-0.39, 0.29) is 29.1 Å². The van der Waals surface area contributed by atoms with Crippen molar-refractivity contribution in [3.63, 3.8) is 0 Å². The minimum Gasteiger partial charge on any atom is -0.481 e. The van der Waals surface area contributed by atoms with E-state index in [0.717, 1.165) is 0 Å². The number of hydrogen-bond donors (Lipinski definition) is 2. The fourth-order valence-electron chi connectivity index (χ4n) is 2.82. The molecule has 18 heavy (non-hydrogen) atoms. The van der Waals surface area contributed by atoms with Gasteiger partial charge in [-0.25, -0.2) is 0 Å². The van der Waals surface area contributed by atoms with Gasteiger partial charge in [-0.3, -0.25) is 9.59 Å². The average molecular weight is 255 g/mol. The van der Waals surface area contributed by atoms with Crippen LogP contribution in [-0.2, 0) is 9.59 Å². The Bertz CT molecular complexity index is 333. The van der Waals surface area contributed by atoms with E-state index in [1.807, 2.05) is 0 Å². The number of carboxylic acid groups (broad SMARTS) is 1. The highest BCUT2D eigenvalue weighted by Crippen LogP contribution is 2.67. The summed E-state index contributed by atoms with van der Waals surface area (Å²) in [6, 6.07) is 0. The Balaban J connectivity index is 2.29. The standard InChI is InChI=1S/C14H25NO3/c1-9(7-12(17)18)6-11(16)15-8-10-13(2,3)14(10,4)5/h9-10H,6-8H2,1-5H3,(H,15,16)(H,17,18). The number of nitrogens with one attached hydrogen (secondary N) is 1. The Hall–Kier alpha value is -1.06. The van der Waals surface area contributed by atoms with Gasteiger partial charge in [0.1, 0.15) is 0 Å². The lowest BCUT2D eigenvalue weighted by atomic mass is 10.0. The molecule has 4 heteroatoms. The van der Waals surface area contributed by atoms with Gasteiger partial charge < -0.3 is 10.4 Å². The summed E-state index contributed by atoms with van der Waals surface area (Å²) in [4.78, 5) is 22.2. The largest absolute Gasteiger partial charge is 0.481 e. The molecular weight excluding hydrogens is 230 g/mol. The van der Waals surface area contributed by atoms with Crippen molar-refractivity contribution in [3.05, 3.63) is 0 Å². The van der Waals surface area contributed by atoms with Crippen LogP contribution in [0.1, 0.15) is 47.5 Å². The van der Waals surface area contributed by atoms with Gasteiger partial charge in [0.05, 0.1) is 0 Å². The second-order valence-electron chi connectivity index (χ2n) is 6.71. The lowest BCUT2D eigenvalue weighted by Crippen LogP contribution is -2.28. The van der Waals surface area contributed by atoms with Gasteiger partial charge in [-0.05, 0) is 22.7 Å². The fraction of sp³-hybridized carbons (Fsp3) is 0.857. The van der Waals surface area contributed by atoms with E-state index in [0.29, 0.717) is 18.9 Å². The van der Waals surface area contributed by atoms with Crippen LogP contribution in [0.25, 0.3) is 0 Å². The average Bonchev–Trinajstić information content (AvgIpc) is 2.52. The normalized spacial score (nSPS) is 22.3. The highest BCUT2D eigenvalue weighted by molar-refractivity contribution is 5.77. The summed E-state index contributed by atoms with van der Waals surface area (Å²) in [5.41, 5.74) is 0.542. The molecule has 0 heterocycles. The van der Waals surface area contributed by atoms with Crippen LogP contribution in [0.3, 0.4) is 0 Å². The minimum atomic E-state index is -0.847. The molecule has 1 fully saturated rings. The second kappa shape index (κ2) is 4.90. The van der Waals surface area contributed by atoms with E-state index in [2.05, 4.69) is 33.0 Å². The Labute approximate surface area is 109 Å². The Kier molecular flexibility index (Phi) is 4.08. The molecule has 1 aliphatic rings. The van der Waals surface area contributed by atoms with Crippen LogP contribution < -0.4 is 5.32 Å². The first-order chi connectivity index (χ1) is 8.09. The van der Waals surface area contributed by atoms with E-state index in [9.17, 15) is 9.59 Å². The minimum absolute atomic E-state index is 0.0396. The third-order valence-corrected chi connectivity index (χ3v) is 4.88. The van der Waals surface area contributed by atoms with Gasteiger partial charge in [-0.2, -0.15) is 0 Å². The Morgan fingerprint density at radius 2 is 1.67 bits per heavy atom. The maximum Gasteiger partial charge on any atom is 0.303 e. The van der Waals surface area contributed by atoms with Crippen molar-refractivity contribution in [1.82, 2.24) is 5.32 Å². The summed E-state index contributed by atoms with van der Waals surface area (Å²) in [6.45, 7) is 11.4. The highest BCUT2D eigenvalue weighted by atomic mass is 16.4. The zero-order valence-electron chi connectivity index (χ0n) is 12.0. The molecule has 0 aromatic rings. The Morgan fingerprint density at radius 3 is 2.06 bits per heavy atom. The number of hydrogen-bond acceptors (Lipinski definition) is 2. The van der Waals surface area contributed by atoms with Crippen LogP contribution in [-0.4, -0.2) is 23.5 Å². The van der Waals surface area contributed by atoms with Crippen molar-refractivity contribution in [1.29, 1.82) is 0 Å². The summed E-state index contributed by atoms with van der Waals surface area (Å²) in [5, 5.41) is 11.6. The predicted octanol–water partition coefficient (Wildman–Crippen LogP) is 2.29. The SMILES string of the molecule is CC(CC(=O)O)CC(=O)NCC1C(C)(C)C1(C)C. The number of carboxylic acids is 1. The summed E-state index contributed by atoms with van der Waals surface area (Å²) in [7, 11) is 0. The van der Waals surface area contributed by atoms with Gasteiger partial charge in [0.2, 0.25) is 5.91 Å². The van der Waals surface area contributed by atoms with E-state index < -0.39 is 5.97 Å². The van der Waals surface area contributed by atoms with E-state index >= 15 is 0 Å². The first-order valence-electron chi connectivity index (χ1n) is 6.57. The van der Waals surface area contributed by atoms with Gasteiger partial charge in [-0.1, -0.05) is 34.6 Å². The summed E-state index contributed by atoms with van der Waals surface area (Å²) in [5.74, 6) is -0.492. The van der Waals surface area contributed by atoms with Gasteiger partial charge in [0.15, 0.2) is 0 Å². The molecule has 0 spiro atoms. The van der Waals surface area contributed by atoms with Crippen LogP contribution >= 0.6 is 0 Å². The van der Waals surface area contributed by atoms with Crippen LogP contribution in [0.4, 0.5) is 0 Å². The zero-order valence-corrected chi connectivity index (χ0v) is 12.0. The number of rotatable bonds is 6. The molecule has 4 nitrogen and oxygen atoms in total. The highest BCUT2D eigenvalue weighted by Gasteiger charge is 2.64. The molecule has 1 rings (SSSR count). The second-order valence-corrected chi connectivity index (χ2v) is 6.71. The van der Waals surface area contributed by atoms with Gasteiger partial charge in [-0.15, -0.1) is 0 Å². The molecule has 1 unspecified atom stereocenters. The molecule has 0 aromatic carbocycles. The summed E-state index contributed by atoms with van der Waals surface area (Å²) >= 11 is 0. The van der Waals surface area contributed by atoms with Crippen molar-refractivity contribution in [3.8, 4) is 0 Å². The lowest BCUT2D eigenvalue weighted by Gasteiger charge is -2.10. The number of aliphatic carboxylic acids is 1. The van der Waals surface area contributed by atoms with Crippen molar-refractivity contribution in [2.24, 2.45) is 22.7 Å². The van der Waals surface area contributed by atoms with Crippen LogP contribution in [0.2, 0.25) is 0 Å². The molecular formula is C14H25NO3. The predicted molar refractivity (Wildman–Crippen MR) is 70.1 cm³/mol. The van der Waals surface area contributed by atoms with E-state index in [4.69, 9.17) is 5.11 Å². The number of amides is 1. The monoisotopic (exact) mass is 255 g/mol. The number of carbonyl (C=O) groups is 2. The molecule has 1 amide bonds. The molecule has 1 saturated carbocycles. The smallest absolute Gasteiger partial charge is 0.303 e. The quantitative estimate of drug-likeness (QED) is 0.765. The lowest BCUT2D eigenvalue weighted by molar-refractivity contribution is -0.138. The first kappa shape index (κ1) is 15.0. The number of carbonyl (C=O) groups excluding carboxylic acids is 1. The maximum absolute atomic E-state index is 11.7.